The fourth-order valence-corrected chi connectivity index (χ4v) is 0.626. The Morgan fingerprint density at radius 1 is 1.50 bits per heavy atom. The van der Waals surface area contributed by atoms with Crippen molar-refractivity contribution in [3.8, 4) is 0 Å². The summed E-state index contributed by atoms with van der Waals surface area (Å²) >= 11 is 0. The highest BCUT2D eigenvalue weighted by molar-refractivity contribution is 4.72. The van der Waals surface area contributed by atoms with Crippen molar-refractivity contribution < 1.29 is 13.5 Å². The van der Waals surface area contributed by atoms with Crippen molar-refractivity contribution >= 4 is 0 Å². The topological polar surface area (TPSA) is 9.23 Å². The van der Waals surface area contributed by atoms with Gasteiger partial charge < -0.3 is 4.74 Å². The van der Waals surface area contributed by atoms with Gasteiger partial charge in [-0.1, -0.05) is 6.92 Å². The highest BCUT2D eigenvalue weighted by Gasteiger charge is 2.31. The number of halogens is 2. The molecular formula is C7H12F2O. The Hall–Kier alpha value is -0.180. The Kier molecular flexibility index (Phi) is 2.24. The highest BCUT2D eigenvalue weighted by Crippen LogP contribution is 2.31. The van der Waals surface area contributed by atoms with Gasteiger partial charge in [-0.3, -0.25) is 0 Å². The molecule has 1 nitrogen and oxygen atoms in total. The summed E-state index contributed by atoms with van der Waals surface area (Å²) in [7, 11) is 0. The van der Waals surface area contributed by atoms with E-state index in [1.807, 2.05) is 0 Å². The molecule has 1 fully saturated rings. The number of ether oxygens (including phenoxy) is 1. The van der Waals surface area contributed by atoms with Crippen molar-refractivity contribution in [3.63, 3.8) is 0 Å². The molecule has 0 spiro atoms. The van der Waals surface area contributed by atoms with E-state index in [1.165, 1.54) is 6.92 Å². The molecule has 1 aliphatic rings. The van der Waals surface area contributed by atoms with E-state index < -0.39 is 6.11 Å². The van der Waals surface area contributed by atoms with E-state index >= 15 is 0 Å². The monoisotopic (exact) mass is 150 g/mol. The lowest BCUT2D eigenvalue weighted by atomic mass is 10.4. The van der Waals surface area contributed by atoms with E-state index in [1.54, 1.807) is 0 Å². The molecule has 0 bridgehead atoms. The predicted molar refractivity (Wildman–Crippen MR) is 33.9 cm³/mol. The van der Waals surface area contributed by atoms with Crippen LogP contribution in [-0.4, -0.2) is 12.7 Å². The highest BCUT2D eigenvalue weighted by atomic mass is 19.3. The zero-order valence-electron chi connectivity index (χ0n) is 6.07. The van der Waals surface area contributed by atoms with Gasteiger partial charge in [-0.25, -0.2) is 0 Å². The third-order valence-corrected chi connectivity index (χ3v) is 1.64. The van der Waals surface area contributed by atoms with Gasteiger partial charge in [-0.05, 0) is 18.8 Å². The molecule has 0 aliphatic heterocycles. The summed E-state index contributed by atoms with van der Waals surface area (Å²) in [5.41, 5.74) is 0. The van der Waals surface area contributed by atoms with Crippen molar-refractivity contribution in [3.05, 3.63) is 0 Å². The summed E-state index contributed by atoms with van der Waals surface area (Å²) in [6, 6.07) is 0. The number of alkyl halides is 2. The minimum absolute atomic E-state index is 0.222. The lowest BCUT2D eigenvalue weighted by molar-refractivity contribution is -0.241. The quantitative estimate of drug-likeness (QED) is 0.598. The van der Waals surface area contributed by atoms with Gasteiger partial charge in [0.15, 0.2) is 0 Å². The van der Waals surface area contributed by atoms with E-state index in [0.29, 0.717) is 5.92 Å². The first-order valence-electron chi connectivity index (χ1n) is 3.66. The van der Waals surface area contributed by atoms with Crippen LogP contribution in [0.25, 0.3) is 0 Å². The number of rotatable bonds is 4. The largest absolute Gasteiger partial charge is 0.355 e. The molecule has 10 heavy (non-hydrogen) atoms. The molecule has 1 saturated carbocycles. The van der Waals surface area contributed by atoms with Crippen LogP contribution in [-0.2, 0) is 4.74 Å². The van der Waals surface area contributed by atoms with E-state index in [9.17, 15) is 8.78 Å². The van der Waals surface area contributed by atoms with E-state index in [4.69, 9.17) is 0 Å². The van der Waals surface area contributed by atoms with Crippen LogP contribution in [0.4, 0.5) is 8.78 Å². The van der Waals surface area contributed by atoms with Gasteiger partial charge in [0.2, 0.25) is 0 Å². The maximum Gasteiger partial charge on any atom is 0.355 e. The van der Waals surface area contributed by atoms with Crippen molar-refractivity contribution in [1.82, 2.24) is 0 Å². The second-order valence-electron chi connectivity index (χ2n) is 2.75. The molecule has 1 aliphatic carbocycles. The summed E-state index contributed by atoms with van der Waals surface area (Å²) in [5, 5.41) is 0. The molecule has 0 N–H and O–H groups in total. The Morgan fingerprint density at radius 2 is 2.10 bits per heavy atom. The van der Waals surface area contributed by atoms with E-state index in [-0.39, 0.29) is 13.0 Å². The SMILES string of the molecule is CCC(F)(F)OCC1CC1. The number of hydrogen-bond donors (Lipinski definition) is 0. The second kappa shape index (κ2) is 2.82. The van der Waals surface area contributed by atoms with Crippen LogP contribution in [0.2, 0.25) is 0 Å². The normalized spacial score (nSPS) is 19.5. The summed E-state index contributed by atoms with van der Waals surface area (Å²) < 4.78 is 29.0. The molecule has 0 unspecified atom stereocenters. The first kappa shape index (κ1) is 7.92. The lowest BCUT2D eigenvalue weighted by Crippen LogP contribution is -2.20. The standard InChI is InChI=1S/C7H12F2O/c1-2-7(8,9)10-5-6-3-4-6/h6H,2-5H2,1H3. The zero-order valence-corrected chi connectivity index (χ0v) is 6.07. The predicted octanol–water partition coefficient (Wildman–Crippen LogP) is 2.42. The first-order chi connectivity index (χ1) is 4.64. The van der Waals surface area contributed by atoms with Gasteiger partial charge in [0.05, 0.1) is 6.61 Å². The molecule has 1 rings (SSSR count). The maximum absolute atomic E-state index is 12.3. The Balaban J connectivity index is 2.09. The third kappa shape index (κ3) is 2.60. The number of hydrogen-bond acceptors (Lipinski definition) is 1. The molecule has 0 heterocycles. The smallest absolute Gasteiger partial charge is 0.320 e. The van der Waals surface area contributed by atoms with Crippen molar-refractivity contribution in [1.29, 1.82) is 0 Å². The second-order valence-corrected chi connectivity index (χ2v) is 2.75. The molecule has 0 atom stereocenters. The Morgan fingerprint density at radius 3 is 2.50 bits per heavy atom. The van der Waals surface area contributed by atoms with Crippen LogP contribution in [0.15, 0.2) is 0 Å². The van der Waals surface area contributed by atoms with Crippen molar-refractivity contribution in [2.45, 2.75) is 32.3 Å². The van der Waals surface area contributed by atoms with Crippen LogP contribution in [0.3, 0.4) is 0 Å². The van der Waals surface area contributed by atoms with E-state index in [2.05, 4.69) is 4.74 Å². The molecule has 0 radical (unpaired) electrons. The van der Waals surface area contributed by atoms with Gasteiger partial charge in [-0.2, -0.15) is 8.78 Å². The van der Waals surface area contributed by atoms with Crippen LogP contribution >= 0.6 is 0 Å². The van der Waals surface area contributed by atoms with Gasteiger partial charge in [0, 0.05) is 6.42 Å². The van der Waals surface area contributed by atoms with Crippen molar-refractivity contribution in [2.24, 2.45) is 5.92 Å². The molecule has 60 valence electrons. The van der Waals surface area contributed by atoms with Crippen LogP contribution in [0.1, 0.15) is 26.2 Å². The summed E-state index contributed by atoms with van der Waals surface area (Å²) in [6.07, 6.45) is -0.998. The Labute approximate surface area is 59.4 Å². The van der Waals surface area contributed by atoms with Gasteiger partial charge in [0.1, 0.15) is 0 Å². The average Bonchev–Trinajstić information content (AvgIpc) is 2.66. The minimum atomic E-state index is -2.89. The molecule has 3 heteroatoms. The van der Waals surface area contributed by atoms with E-state index in [0.717, 1.165) is 12.8 Å². The lowest BCUT2D eigenvalue weighted by Gasteiger charge is -2.13. The van der Waals surface area contributed by atoms with Gasteiger partial charge in [0.25, 0.3) is 0 Å². The fraction of sp³-hybridized carbons (Fsp3) is 1.00. The Bertz CT molecular complexity index is 110. The van der Waals surface area contributed by atoms with Crippen LogP contribution in [0, 0.1) is 5.92 Å². The first-order valence-corrected chi connectivity index (χ1v) is 3.66. The summed E-state index contributed by atoms with van der Waals surface area (Å²) in [5.74, 6) is 0.414. The maximum atomic E-state index is 12.3. The molecule has 0 aromatic heterocycles. The molecular weight excluding hydrogens is 138 g/mol. The zero-order chi connectivity index (χ0) is 7.61. The summed E-state index contributed by atoms with van der Waals surface area (Å²) in [6.45, 7) is 1.66. The molecule has 0 aromatic rings. The summed E-state index contributed by atoms with van der Waals surface area (Å²) in [4.78, 5) is 0. The third-order valence-electron chi connectivity index (χ3n) is 1.64. The van der Waals surface area contributed by atoms with Crippen molar-refractivity contribution in [2.75, 3.05) is 6.61 Å². The molecule has 0 amide bonds. The van der Waals surface area contributed by atoms with Crippen LogP contribution in [0.5, 0.6) is 0 Å². The van der Waals surface area contributed by atoms with Crippen LogP contribution < -0.4 is 0 Å². The van der Waals surface area contributed by atoms with Gasteiger partial charge in [-0.15, -0.1) is 0 Å². The average molecular weight is 150 g/mol. The molecule has 0 saturated heterocycles. The molecule has 0 aromatic carbocycles. The fourth-order valence-electron chi connectivity index (χ4n) is 0.626. The van der Waals surface area contributed by atoms with Gasteiger partial charge >= 0.3 is 6.11 Å². The minimum Gasteiger partial charge on any atom is -0.320 e.